The Bertz CT molecular complexity index is 527. The smallest absolute Gasteiger partial charge is 0.148 e. The van der Waals surface area contributed by atoms with Crippen LogP contribution in [-0.4, -0.2) is 12.4 Å². The molecule has 0 spiro atoms. The van der Waals surface area contributed by atoms with E-state index in [1.165, 1.54) is 6.21 Å². The third kappa shape index (κ3) is 1.67. The normalized spacial score (nSPS) is 12.0. The zero-order chi connectivity index (χ0) is 10.7. The average Bonchev–Trinajstić information content (AvgIpc) is 2.62. The number of hydrogen-bond donors (Lipinski definition) is 2. The largest absolute Gasteiger partial charge is 0.455 e. The van der Waals surface area contributed by atoms with E-state index in [1.807, 2.05) is 24.3 Å². The number of nitrogens with two attached hydrogens (primary N) is 2. The van der Waals surface area contributed by atoms with E-state index in [9.17, 15) is 0 Å². The van der Waals surface area contributed by atoms with E-state index in [1.54, 1.807) is 6.21 Å². The highest BCUT2D eigenvalue weighted by atomic mass is 16.3. The quantitative estimate of drug-likeness (QED) is 0.432. The van der Waals surface area contributed by atoms with Crippen LogP contribution in [0.5, 0.6) is 0 Å². The Kier molecular flexibility index (Phi) is 2.37. The molecule has 0 atom stereocenters. The number of benzene rings is 1. The molecule has 2 aromatic rings. The lowest BCUT2D eigenvalue weighted by Gasteiger charge is -1.92. The number of furan rings is 1. The van der Waals surface area contributed by atoms with E-state index in [-0.39, 0.29) is 0 Å². The summed E-state index contributed by atoms with van der Waals surface area (Å²) in [4.78, 5) is 0. The molecule has 0 radical (unpaired) electrons. The minimum Gasteiger partial charge on any atom is -0.455 e. The predicted octanol–water partition coefficient (Wildman–Crippen LogP) is 1.02. The van der Waals surface area contributed by atoms with Crippen molar-refractivity contribution >= 4 is 23.4 Å². The minimum atomic E-state index is 0.602. The predicted molar refractivity (Wildman–Crippen MR) is 59.8 cm³/mol. The zero-order valence-corrected chi connectivity index (χ0v) is 7.92. The van der Waals surface area contributed by atoms with Crippen molar-refractivity contribution in [3.05, 3.63) is 35.6 Å². The van der Waals surface area contributed by atoms with E-state index in [0.717, 1.165) is 16.5 Å². The molecule has 0 aliphatic carbocycles. The van der Waals surface area contributed by atoms with Gasteiger partial charge in [0.1, 0.15) is 11.3 Å². The van der Waals surface area contributed by atoms with Crippen LogP contribution in [-0.2, 0) is 0 Å². The van der Waals surface area contributed by atoms with E-state index in [0.29, 0.717) is 5.76 Å². The van der Waals surface area contributed by atoms with Crippen molar-refractivity contribution in [2.75, 3.05) is 0 Å². The molecule has 0 bridgehead atoms. The molecule has 5 nitrogen and oxygen atoms in total. The van der Waals surface area contributed by atoms with Crippen molar-refractivity contribution in [3.63, 3.8) is 0 Å². The molecule has 1 aromatic heterocycles. The Morgan fingerprint density at radius 1 is 1.13 bits per heavy atom. The number of hydrogen-bond acceptors (Lipinski definition) is 5. The standard InChI is InChI=1S/C10H10N4O/c11-13-5-7-2-1-3-10-9(7)4-8(15-10)6-14-12/h1-6H,11-12H2/b13-5-,14-6-. The molecule has 15 heavy (non-hydrogen) atoms. The van der Waals surface area contributed by atoms with Gasteiger partial charge < -0.3 is 16.1 Å². The van der Waals surface area contributed by atoms with Gasteiger partial charge in [-0.25, -0.2) is 0 Å². The maximum Gasteiger partial charge on any atom is 0.148 e. The van der Waals surface area contributed by atoms with Crippen molar-refractivity contribution < 1.29 is 4.42 Å². The van der Waals surface area contributed by atoms with Crippen LogP contribution in [0, 0.1) is 0 Å². The van der Waals surface area contributed by atoms with Crippen LogP contribution in [0.3, 0.4) is 0 Å². The van der Waals surface area contributed by atoms with Crippen molar-refractivity contribution in [1.29, 1.82) is 0 Å². The molecule has 5 heteroatoms. The number of nitrogens with zero attached hydrogens (tertiary/aromatic N) is 2. The highest BCUT2D eigenvalue weighted by molar-refractivity contribution is 5.99. The SMILES string of the molecule is N/N=C\c1cc2c(/C=N\N)cccc2o1. The fourth-order valence-electron chi connectivity index (χ4n) is 1.43. The molecule has 1 aromatic carbocycles. The molecule has 0 amide bonds. The summed E-state index contributed by atoms with van der Waals surface area (Å²) < 4.78 is 5.46. The zero-order valence-electron chi connectivity index (χ0n) is 7.92. The van der Waals surface area contributed by atoms with Crippen LogP contribution in [0.25, 0.3) is 11.0 Å². The molecular formula is C10H10N4O. The molecule has 2 rings (SSSR count). The van der Waals surface area contributed by atoms with E-state index in [4.69, 9.17) is 16.1 Å². The van der Waals surface area contributed by atoms with Crippen LogP contribution in [0.1, 0.15) is 11.3 Å². The minimum absolute atomic E-state index is 0.602. The van der Waals surface area contributed by atoms with Gasteiger partial charge in [-0.1, -0.05) is 12.1 Å². The summed E-state index contributed by atoms with van der Waals surface area (Å²) in [5.41, 5.74) is 1.65. The first-order chi connectivity index (χ1) is 7.35. The maximum absolute atomic E-state index is 5.46. The van der Waals surface area contributed by atoms with E-state index < -0.39 is 0 Å². The van der Waals surface area contributed by atoms with Gasteiger partial charge >= 0.3 is 0 Å². The third-order valence-corrected chi connectivity index (χ3v) is 2.03. The van der Waals surface area contributed by atoms with Gasteiger partial charge in [0.25, 0.3) is 0 Å². The Hall–Kier alpha value is -2.30. The van der Waals surface area contributed by atoms with Crippen LogP contribution >= 0.6 is 0 Å². The molecule has 4 N–H and O–H groups in total. The first kappa shape index (κ1) is 9.26. The summed E-state index contributed by atoms with van der Waals surface area (Å²) in [6.07, 6.45) is 3.02. The fraction of sp³-hybridized carbons (Fsp3) is 0. The monoisotopic (exact) mass is 202 g/mol. The van der Waals surface area contributed by atoms with Crippen molar-refractivity contribution in [2.45, 2.75) is 0 Å². The topological polar surface area (TPSA) is 89.9 Å². The average molecular weight is 202 g/mol. The molecule has 0 aliphatic rings. The molecule has 0 fully saturated rings. The molecule has 0 saturated heterocycles. The van der Waals surface area contributed by atoms with Crippen molar-refractivity contribution in [1.82, 2.24) is 0 Å². The second-order valence-corrected chi connectivity index (χ2v) is 2.96. The lowest BCUT2D eigenvalue weighted by Crippen LogP contribution is -1.86. The summed E-state index contributed by atoms with van der Waals surface area (Å²) in [5, 5.41) is 7.82. The highest BCUT2D eigenvalue weighted by Crippen LogP contribution is 2.21. The van der Waals surface area contributed by atoms with Crippen LogP contribution in [0.4, 0.5) is 0 Å². The molecule has 0 saturated carbocycles. The summed E-state index contributed by atoms with van der Waals surface area (Å²) >= 11 is 0. The van der Waals surface area contributed by atoms with Gasteiger partial charge in [-0.3, -0.25) is 0 Å². The molecule has 0 aliphatic heterocycles. The van der Waals surface area contributed by atoms with Crippen molar-refractivity contribution in [2.24, 2.45) is 21.9 Å². The van der Waals surface area contributed by atoms with Crippen LogP contribution in [0.15, 0.2) is 38.9 Å². The van der Waals surface area contributed by atoms with Crippen molar-refractivity contribution in [3.8, 4) is 0 Å². The van der Waals surface area contributed by atoms with Gasteiger partial charge in [-0.2, -0.15) is 10.2 Å². The van der Waals surface area contributed by atoms with Gasteiger partial charge in [0.15, 0.2) is 0 Å². The summed E-state index contributed by atoms with van der Waals surface area (Å²) in [6.45, 7) is 0. The van der Waals surface area contributed by atoms with E-state index >= 15 is 0 Å². The second kappa shape index (κ2) is 3.83. The molecular weight excluding hydrogens is 192 g/mol. The van der Waals surface area contributed by atoms with Gasteiger partial charge in [-0.15, -0.1) is 0 Å². The Labute approximate surface area is 86.0 Å². The lowest BCUT2D eigenvalue weighted by atomic mass is 10.1. The fourth-order valence-corrected chi connectivity index (χ4v) is 1.43. The number of hydrazone groups is 2. The molecule has 0 unspecified atom stereocenters. The van der Waals surface area contributed by atoms with Gasteiger partial charge in [-0.05, 0) is 12.1 Å². The van der Waals surface area contributed by atoms with Gasteiger partial charge in [0.05, 0.1) is 12.4 Å². The summed E-state index contributed by atoms with van der Waals surface area (Å²) in [7, 11) is 0. The maximum atomic E-state index is 5.46. The first-order valence-electron chi connectivity index (χ1n) is 4.34. The van der Waals surface area contributed by atoms with Gasteiger partial charge in [0.2, 0.25) is 0 Å². The highest BCUT2D eigenvalue weighted by Gasteiger charge is 2.04. The van der Waals surface area contributed by atoms with Crippen LogP contribution < -0.4 is 11.7 Å². The Balaban J connectivity index is 2.64. The molecule has 1 heterocycles. The Morgan fingerprint density at radius 3 is 2.67 bits per heavy atom. The lowest BCUT2D eigenvalue weighted by molar-refractivity contribution is 0.607. The second-order valence-electron chi connectivity index (χ2n) is 2.96. The summed E-state index contributed by atoms with van der Waals surface area (Å²) in [5.74, 6) is 10.8. The first-order valence-corrected chi connectivity index (χ1v) is 4.34. The Morgan fingerprint density at radius 2 is 1.93 bits per heavy atom. The van der Waals surface area contributed by atoms with Crippen LogP contribution in [0.2, 0.25) is 0 Å². The van der Waals surface area contributed by atoms with E-state index in [2.05, 4.69) is 10.2 Å². The van der Waals surface area contributed by atoms with Gasteiger partial charge in [0, 0.05) is 10.9 Å². The number of fused-ring (bicyclic) bond motifs is 1. The third-order valence-electron chi connectivity index (χ3n) is 2.03. The number of rotatable bonds is 2. The summed E-state index contributed by atoms with van der Waals surface area (Å²) in [6, 6.07) is 7.46. The molecule has 76 valence electrons.